The molecule has 0 radical (unpaired) electrons. The monoisotopic (exact) mass is 340 g/mol. The van der Waals surface area contributed by atoms with Crippen LogP contribution >= 0.6 is 0 Å². The van der Waals surface area contributed by atoms with Crippen LogP contribution in [0.1, 0.15) is 21.5 Å². The number of benzene rings is 2. The second-order valence-corrected chi connectivity index (χ2v) is 7.22. The lowest BCUT2D eigenvalue weighted by atomic mass is 10.1. The van der Waals surface area contributed by atoms with Crippen molar-refractivity contribution in [1.29, 1.82) is 0 Å². The molecule has 3 aromatic rings. The molecule has 2 aromatic carbocycles. The van der Waals surface area contributed by atoms with Crippen LogP contribution in [0.2, 0.25) is 0 Å². The van der Waals surface area contributed by atoms with Crippen molar-refractivity contribution >= 4 is 27.6 Å². The van der Waals surface area contributed by atoms with E-state index in [1.807, 2.05) is 42.6 Å². The molecule has 1 amide bonds. The number of carbonyl (C=O) groups excluding carboxylic acids is 1. The summed E-state index contributed by atoms with van der Waals surface area (Å²) in [6.07, 6.45) is 4.43. The Labute approximate surface area is 143 Å². The van der Waals surface area contributed by atoms with Crippen LogP contribution in [0.5, 0.6) is 0 Å². The van der Waals surface area contributed by atoms with Gasteiger partial charge in [-0.15, -0.1) is 0 Å². The number of amides is 1. The van der Waals surface area contributed by atoms with Gasteiger partial charge in [-0.25, -0.2) is 0 Å². The van der Waals surface area contributed by atoms with E-state index >= 15 is 0 Å². The van der Waals surface area contributed by atoms with E-state index in [9.17, 15) is 9.00 Å². The van der Waals surface area contributed by atoms with E-state index in [1.165, 1.54) is 10.9 Å². The van der Waals surface area contributed by atoms with E-state index in [0.717, 1.165) is 17.5 Å². The minimum absolute atomic E-state index is 0.0985. The molecule has 1 heterocycles. The van der Waals surface area contributed by atoms with Crippen LogP contribution in [-0.2, 0) is 23.0 Å². The van der Waals surface area contributed by atoms with Crippen LogP contribution in [0.3, 0.4) is 0 Å². The molecule has 1 aromatic heterocycles. The number of H-pyrrole nitrogens is 1. The van der Waals surface area contributed by atoms with Crippen LogP contribution in [0.4, 0.5) is 0 Å². The number of carbonyl (C=O) groups is 1. The van der Waals surface area contributed by atoms with Crippen molar-refractivity contribution in [2.75, 3.05) is 12.8 Å². The number of para-hydroxylation sites is 1. The summed E-state index contributed by atoms with van der Waals surface area (Å²) in [5.41, 5.74) is 3.83. The lowest BCUT2D eigenvalue weighted by Gasteiger charge is -2.06. The zero-order chi connectivity index (χ0) is 16.9. The fraction of sp³-hybridized carbons (Fsp3) is 0.211. The molecule has 0 spiro atoms. The van der Waals surface area contributed by atoms with E-state index in [-0.39, 0.29) is 5.91 Å². The summed E-state index contributed by atoms with van der Waals surface area (Å²) >= 11 is 0. The maximum absolute atomic E-state index is 12.3. The highest BCUT2D eigenvalue weighted by atomic mass is 32.2. The molecular weight excluding hydrogens is 320 g/mol. The Kier molecular flexibility index (Phi) is 5.11. The molecule has 0 unspecified atom stereocenters. The van der Waals surface area contributed by atoms with Gasteiger partial charge in [0.15, 0.2) is 0 Å². The summed E-state index contributed by atoms with van der Waals surface area (Å²) in [6.45, 7) is 0.574. The highest BCUT2D eigenvalue weighted by Gasteiger charge is 2.08. The van der Waals surface area contributed by atoms with Gasteiger partial charge < -0.3 is 10.3 Å². The third-order valence-electron chi connectivity index (χ3n) is 3.91. The molecule has 0 aliphatic heterocycles. The minimum atomic E-state index is -0.912. The molecule has 3 rings (SSSR count). The smallest absolute Gasteiger partial charge is 0.251 e. The molecule has 0 aliphatic carbocycles. The van der Waals surface area contributed by atoms with Gasteiger partial charge in [0.2, 0.25) is 0 Å². The van der Waals surface area contributed by atoms with Gasteiger partial charge in [-0.1, -0.05) is 30.3 Å². The Morgan fingerprint density at radius 2 is 2.00 bits per heavy atom. The summed E-state index contributed by atoms with van der Waals surface area (Å²) < 4.78 is 11.3. The number of hydrogen-bond acceptors (Lipinski definition) is 2. The van der Waals surface area contributed by atoms with Crippen molar-refractivity contribution in [3.05, 3.63) is 71.4 Å². The van der Waals surface area contributed by atoms with E-state index in [0.29, 0.717) is 17.9 Å². The van der Waals surface area contributed by atoms with Crippen LogP contribution in [0.25, 0.3) is 10.9 Å². The second-order valence-electron chi connectivity index (χ2n) is 5.78. The Morgan fingerprint density at radius 3 is 2.83 bits per heavy atom. The molecule has 24 heavy (non-hydrogen) atoms. The summed E-state index contributed by atoms with van der Waals surface area (Å²) in [4.78, 5) is 15.5. The lowest BCUT2D eigenvalue weighted by Crippen LogP contribution is -2.25. The van der Waals surface area contributed by atoms with Crippen LogP contribution in [0.15, 0.2) is 54.7 Å². The van der Waals surface area contributed by atoms with Gasteiger partial charge in [0, 0.05) is 52.0 Å². The quantitative estimate of drug-likeness (QED) is 0.724. The van der Waals surface area contributed by atoms with Crippen molar-refractivity contribution < 1.29 is 9.00 Å². The average Bonchev–Trinajstić information content (AvgIpc) is 2.98. The predicted octanol–water partition coefficient (Wildman–Crippen LogP) is 3.02. The maximum Gasteiger partial charge on any atom is 0.251 e. The van der Waals surface area contributed by atoms with Gasteiger partial charge in [0.05, 0.1) is 0 Å². The molecule has 0 fully saturated rings. The molecule has 124 valence electrons. The molecule has 4 nitrogen and oxygen atoms in total. The fourth-order valence-corrected chi connectivity index (χ4v) is 3.44. The first kappa shape index (κ1) is 16.5. The number of rotatable bonds is 6. The third-order valence-corrected chi connectivity index (χ3v) is 4.65. The van der Waals surface area contributed by atoms with Crippen molar-refractivity contribution in [2.24, 2.45) is 0 Å². The second kappa shape index (κ2) is 7.45. The molecule has 0 saturated heterocycles. The van der Waals surface area contributed by atoms with Crippen molar-refractivity contribution in [2.45, 2.75) is 12.2 Å². The summed E-state index contributed by atoms with van der Waals surface area (Å²) in [5, 5.41) is 4.15. The highest BCUT2D eigenvalue weighted by molar-refractivity contribution is 7.83. The Bertz CT molecular complexity index is 886. The zero-order valence-electron chi connectivity index (χ0n) is 13.5. The van der Waals surface area contributed by atoms with E-state index in [1.54, 1.807) is 12.3 Å². The van der Waals surface area contributed by atoms with Gasteiger partial charge in [0.25, 0.3) is 5.91 Å². The molecule has 0 saturated carbocycles. The van der Waals surface area contributed by atoms with Gasteiger partial charge in [0.1, 0.15) is 0 Å². The minimum Gasteiger partial charge on any atom is -0.361 e. The van der Waals surface area contributed by atoms with Gasteiger partial charge >= 0.3 is 0 Å². The van der Waals surface area contributed by atoms with E-state index in [2.05, 4.69) is 16.4 Å². The molecule has 5 heteroatoms. The lowest BCUT2D eigenvalue weighted by molar-refractivity contribution is 0.0954. The van der Waals surface area contributed by atoms with Crippen LogP contribution < -0.4 is 5.32 Å². The van der Waals surface area contributed by atoms with Gasteiger partial charge in [-0.05, 0) is 35.7 Å². The Hall–Kier alpha value is -2.40. The third kappa shape index (κ3) is 3.92. The van der Waals surface area contributed by atoms with Crippen molar-refractivity contribution in [1.82, 2.24) is 10.3 Å². The van der Waals surface area contributed by atoms with Crippen LogP contribution in [-0.4, -0.2) is 27.9 Å². The topological polar surface area (TPSA) is 62.0 Å². The maximum atomic E-state index is 12.3. The van der Waals surface area contributed by atoms with E-state index < -0.39 is 10.8 Å². The number of hydrogen-bond donors (Lipinski definition) is 2. The SMILES string of the molecule is C[S@@](=O)Cc1cccc(C(=O)NCCc2c[nH]c3ccccc23)c1. The fourth-order valence-electron chi connectivity index (χ4n) is 2.79. The Morgan fingerprint density at radius 1 is 1.17 bits per heavy atom. The largest absolute Gasteiger partial charge is 0.361 e. The first-order valence-corrected chi connectivity index (χ1v) is 9.58. The van der Waals surface area contributed by atoms with E-state index in [4.69, 9.17) is 0 Å². The molecule has 1 atom stereocenters. The van der Waals surface area contributed by atoms with Gasteiger partial charge in [-0.2, -0.15) is 0 Å². The average molecular weight is 340 g/mol. The summed E-state index contributed by atoms with van der Waals surface area (Å²) in [6, 6.07) is 15.5. The van der Waals surface area contributed by atoms with Crippen LogP contribution in [0, 0.1) is 0 Å². The molecule has 2 N–H and O–H groups in total. The normalized spacial score (nSPS) is 12.2. The predicted molar refractivity (Wildman–Crippen MR) is 98.5 cm³/mol. The first-order valence-electron chi connectivity index (χ1n) is 7.85. The molecular formula is C19H20N2O2S. The highest BCUT2D eigenvalue weighted by Crippen LogP contribution is 2.17. The summed E-state index contributed by atoms with van der Waals surface area (Å²) in [7, 11) is -0.912. The van der Waals surface area contributed by atoms with Crippen molar-refractivity contribution in [3.63, 3.8) is 0 Å². The number of fused-ring (bicyclic) bond motifs is 1. The van der Waals surface area contributed by atoms with Gasteiger partial charge in [-0.3, -0.25) is 9.00 Å². The number of nitrogens with one attached hydrogen (secondary N) is 2. The Balaban J connectivity index is 1.60. The standard InChI is InChI=1S/C19H20N2O2S/c1-24(23)13-14-5-4-6-15(11-14)19(22)20-10-9-16-12-21-18-8-3-2-7-17(16)18/h2-8,11-12,21H,9-10,13H2,1H3,(H,20,22)/t24-/m1/s1. The molecule has 0 bridgehead atoms. The molecule has 0 aliphatic rings. The zero-order valence-corrected chi connectivity index (χ0v) is 14.4. The number of aromatic amines is 1. The van der Waals surface area contributed by atoms with Crippen molar-refractivity contribution in [3.8, 4) is 0 Å². The first-order chi connectivity index (χ1) is 11.6. The summed E-state index contributed by atoms with van der Waals surface area (Å²) in [5.74, 6) is 0.370. The number of aromatic nitrogens is 1.